The lowest BCUT2D eigenvalue weighted by Crippen LogP contribution is -2.81. The van der Waals surface area contributed by atoms with E-state index in [4.69, 9.17) is 0 Å². The summed E-state index contributed by atoms with van der Waals surface area (Å²) in [4.78, 5) is 11.1. The summed E-state index contributed by atoms with van der Waals surface area (Å²) in [7, 11) is 0.920. The normalized spacial score (nSPS) is 35.4. The number of nitrogens with zero attached hydrogens (tertiary/aromatic N) is 1. The van der Waals surface area contributed by atoms with Crippen molar-refractivity contribution in [1.29, 1.82) is 0 Å². The molecule has 2 atom stereocenters. The predicted octanol–water partition coefficient (Wildman–Crippen LogP) is 1.80. The Hall–Kier alpha value is -0.950. The van der Waals surface area contributed by atoms with E-state index < -0.39 is 36.1 Å². The van der Waals surface area contributed by atoms with Crippen molar-refractivity contribution in [3.05, 3.63) is 0 Å². The smallest absolute Gasteiger partial charge is 0.342 e. The average Bonchev–Trinajstić information content (AvgIpc) is 2.15. The second kappa shape index (κ2) is 3.27. The fourth-order valence-corrected chi connectivity index (χ4v) is 1.44. The number of hydrogen-bond donors (Lipinski definition) is 0. The van der Waals surface area contributed by atoms with Gasteiger partial charge in [0.1, 0.15) is 0 Å². The van der Waals surface area contributed by atoms with Crippen LogP contribution in [-0.2, 0) is 4.79 Å². The number of carbonyl (C=O) groups is 1. The van der Waals surface area contributed by atoms with E-state index in [1.165, 1.54) is 0 Å². The van der Waals surface area contributed by atoms with Crippen molar-refractivity contribution in [2.45, 2.75) is 30.6 Å². The van der Waals surface area contributed by atoms with Gasteiger partial charge in [0.2, 0.25) is 17.7 Å². The zero-order valence-electron chi connectivity index (χ0n) is 8.41. The summed E-state index contributed by atoms with van der Waals surface area (Å²) >= 11 is 0. The van der Waals surface area contributed by atoms with E-state index in [0.29, 0.717) is 4.90 Å². The molecular weight excluding hydrogens is 240 g/mol. The van der Waals surface area contributed by atoms with E-state index in [-0.39, 0.29) is 0 Å². The minimum Gasteiger partial charge on any atom is -0.342 e. The molecule has 0 saturated heterocycles. The van der Waals surface area contributed by atoms with Gasteiger partial charge in [-0.2, -0.15) is 17.6 Å². The van der Waals surface area contributed by atoms with E-state index in [0.717, 1.165) is 14.0 Å². The van der Waals surface area contributed by atoms with E-state index in [1.54, 1.807) is 0 Å². The first-order chi connectivity index (χ1) is 6.98. The van der Waals surface area contributed by atoms with Crippen LogP contribution >= 0.6 is 0 Å². The van der Waals surface area contributed by atoms with Crippen LogP contribution in [0.3, 0.4) is 0 Å². The van der Waals surface area contributed by atoms with Crippen LogP contribution in [0.15, 0.2) is 0 Å². The fourth-order valence-electron chi connectivity index (χ4n) is 1.44. The summed E-state index contributed by atoms with van der Waals surface area (Å²) in [5, 5.41) is 0. The lowest BCUT2D eigenvalue weighted by atomic mass is 9.71. The van der Waals surface area contributed by atoms with Crippen molar-refractivity contribution in [2.24, 2.45) is 0 Å². The molecule has 0 N–H and O–H groups in total. The Morgan fingerprint density at radius 3 is 2.00 bits per heavy atom. The molecule has 1 aliphatic carbocycles. The van der Waals surface area contributed by atoms with Gasteiger partial charge in [-0.25, -0.2) is 8.78 Å². The lowest BCUT2D eigenvalue weighted by molar-refractivity contribution is -0.395. The van der Waals surface area contributed by atoms with Gasteiger partial charge in [-0.3, -0.25) is 4.79 Å². The molecule has 0 aromatic carbocycles. The highest BCUT2D eigenvalue weighted by atomic mass is 19.3. The molecular formula is C8H9F6NO. The van der Waals surface area contributed by atoms with Crippen LogP contribution in [-0.4, -0.2) is 48.1 Å². The van der Waals surface area contributed by atoms with Crippen molar-refractivity contribution in [3.8, 4) is 0 Å². The van der Waals surface area contributed by atoms with Gasteiger partial charge in [0, 0.05) is 14.0 Å². The van der Waals surface area contributed by atoms with Crippen LogP contribution < -0.4 is 0 Å². The summed E-state index contributed by atoms with van der Waals surface area (Å²) in [6.07, 6.45) is -3.61. The zero-order valence-corrected chi connectivity index (χ0v) is 8.41. The first-order valence-electron chi connectivity index (χ1n) is 4.29. The monoisotopic (exact) mass is 249 g/mol. The van der Waals surface area contributed by atoms with Crippen molar-refractivity contribution in [2.75, 3.05) is 13.6 Å². The summed E-state index contributed by atoms with van der Waals surface area (Å²) in [5.41, 5.74) is -4.03. The zero-order chi connectivity index (χ0) is 12.9. The number of hydrogen-bond acceptors (Lipinski definition) is 1. The Labute approximate surface area is 87.2 Å². The van der Waals surface area contributed by atoms with Gasteiger partial charge < -0.3 is 4.90 Å². The van der Waals surface area contributed by atoms with Crippen molar-refractivity contribution < 1.29 is 31.1 Å². The van der Waals surface area contributed by atoms with Crippen LogP contribution in [0.4, 0.5) is 26.3 Å². The van der Waals surface area contributed by atoms with Gasteiger partial charge in [0.25, 0.3) is 0 Å². The molecule has 1 saturated carbocycles. The third kappa shape index (κ3) is 1.31. The summed E-state index contributed by atoms with van der Waals surface area (Å²) in [6, 6.07) is 0. The number of halogens is 6. The fraction of sp³-hybridized carbons (Fsp3) is 0.875. The molecule has 0 aliphatic heterocycles. The van der Waals surface area contributed by atoms with Crippen molar-refractivity contribution in [1.82, 2.24) is 4.90 Å². The molecule has 2 nitrogen and oxygen atoms in total. The van der Waals surface area contributed by atoms with Crippen molar-refractivity contribution >= 4 is 5.91 Å². The molecule has 0 heterocycles. The third-order valence-corrected chi connectivity index (χ3v) is 2.67. The van der Waals surface area contributed by atoms with Gasteiger partial charge in [-0.05, 0) is 0 Å². The minimum atomic E-state index is -5.11. The molecule has 94 valence electrons. The third-order valence-electron chi connectivity index (χ3n) is 2.67. The molecule has 0 aromatic heterocycles. The summed E-state index contributed by atoms with van der Waals surface area (Å²) in [6.45, 7) is -0.488. The van der Waals surface area contributed by atoms with Crippen molar-refractivity contribution in [3.63, 3.8) is 0 Å². The minimum absolute atomic E-state index is 0.426. The molecule has 1 rings (SSSR count). The standard InChI is InChI=1S/C8H9F6NO/c1-4(16)15(2)3-6(10)5(9)7(11,12)8(6,13)14/h5H,3H2,1-2H3. The maximum atomic E-state index is 13.4. The Kier molecular flexibility index (Phi) is 2.68. The lowest BCUT2D eigenvalue weighted by Gasteiger charge is -2.51. The van der Waals surface area contributed by atoms with Gasteiger partial charge in [0.05, 0.1) is 6.54 Å². The number of carbonyl (C=O) groups excluding carboxylic acids is 1. The number of alkyl halides is 6. The summed E-state index contributed by atoms with van der Waals surface area (Å²) in [5.74, 6) is -11.0. The molecule has 0 spiro atoms. The van der Waals surface area contributed by atoms with E-state index >= 15 is 0 Å². The van der Waals surface area contributed by atoms with E-state index in [1.807, 2.05) is 0 Å². The SMILES string of the molecule is CC(=O)N(C)CC1(F)C(F)C(F)(F)C1(F)F. The Bertz CT molecular complexity index is 320. The number of amides is 1. The molecule has 0 radical (unpaired) electrons. The highest BCUT2D eigenvalue weighted by Gasteiger charge is 2.89. The molecule has 16 heavy (non-hydrogen) atoms. The van der Waals surface area contributed by atoms with Crippen LogP contribution in [0.2, 0.25) is 0 Å². The largest absolute Gasteiger partial charge is 0.351 e. The average molecular weight is 249 g/mol. The maximum absolute atomic E-state index is 13.4. The van der Waals surface area contributed by atoms with E-state index in [2.05, 4.69) is 0 Å². The molecule has 2 unspecified atom stereocenters. The quantitative estimate of drug-likeness (QED) is 0.683. The first-order valence-corrected chi connectivity index (χ1v) is 4.29. The Morgan fingerprint density at radius 1 is 1.25 bits per heavy atom. The first kappa shape index (κ1) is 13.1. The molecule has 1 fully saturated rings. The second-order valence-corrected chi connectivity index (χ2v) is 3.80. The van der Waals surface area contributed by atoms with Crippen LogP contribution in [0, 0.1) is 0 Å². The van der Waals surface area contributed by atoms with Crippen LogP contribution in [0.1, 0.15) is 6.92 Å². The molecule has 8 heteroatoms. The molecule has 0 aromatic rings. The van der Waals surface area contributed by atoms with Gasteiger partial charge >= 0.3 is 11.8 Å². The second-order valence-electron chi connectivity index (χ2n) is 3.80. The van der Waals surface area contributed by atoms with Crippen LogP contribution in [0.5, 0.6) is 0 Å². The predicted molar refractivity (Wildman–Crippen MR) is 41.9 cm³/mol. The Morgan fingerprint density at radius 2 is 1.69 bits per heavy atom. The Balaban J connectivity index is 2.92. The maximum Gasteiger partial charge on any atom is 0.351 e. The highest BCUT2D eigenvalue weighted by molar-refractivity contribution is 5.73. The van der Waals surface area contributed by atoms with Crippen LogP contribution in [0.25, 0.3) is 0 Å². The molecule has 1 amide bonds. The number of rotatable bonds is 2. The molecule has 0 bridgehead atoms. The van der Waals surface area contributed by atoms with E-state index in [9.17, 15) is 31.1 Å². The summed E-state index contributed by atoms with van der Waals surface area (Å²) < 4.78 is 76.4. The van der Waals surface area contributed by atoms with Gasteiger partial charge in [0.15, 0.2) is 0 Å². The molecule has 1 aliphatic rings. The van der Waals surface area contributed by atoms with Gasteiger partial charge in [-0.1, -0.05) is 0 Å². The van der Waals surface area contributed by atoms with Gasteiger partial charge in [-0.15, -0.1) is 0 Å². The highest BCUT2D eigenvalue weighted by Crippen LogP contribution is 2.61. The topological polar surface area (TPSA) is 20.3 Å².